The predicted molar refractivity (Wildman–Crippen MR) is 90.0 cm³/mol. The van der Waals surface area contributed by atoms with Gasteiger partial charge in [-0.1, -0.05) is 6.07 Å². The number of anilines is 1. The van der Waals surface area contributed by atoms with Gasteiger partial charge in [0.1, 0.15) is 17.4 Å². The summed E-state index contributed by atoms with van der Waals surface area (Å²) in [4.78, 5) is 22.2. The van der Waals surface area contributed by atoms with E-state index in [9.17, 15) is 20.0 Å². The van der Waals surface area contributed by atoms with Crippen LogP contribution < -0.4 is 10.1 Å². The molecule has 0 heterocycles. The van der Waals surface area contributed by atoms with E-state index >= 15 is 0 Å². The maximum absolute atomic E-state index is 12.2. The third kappa shape index (κ3) is 4.33. The fourth-order valence-corrected chi connectivity index (χ4v) is 1.96. The van der Waals surface area contributed by atoms with Crippen LogP contribution in [-0.4, -0.2) is 23.0 Å². The number of nitro benzene ring substituents is 1. The average Bonchev–Trinajstić information content (AvgIpc) is 2.61. The Morgan fingerprint density at radius 3 is 2.56 bits per heavy atom. The van der Waals surface area contributed by atoms with Gasteiger partial charge in [0, 0.05) is 11.8 Å². The van der Waals surface area contributed by atoms with E-state index in [1.807, 2.05) is 0 Å². The summed E-state index contributed by atoms with van der Waals surface area (Å²) < 4.78 is 5.01. The van der Waals surface area contributed by atoms with E-state index in [1.165, 1.54) is 19.3 Å². The topological polar surface area (TPSA) is 125 Å². The molecule has 0 fully saturated rings. The fourth-order valence-electron chi connectivity index (χ4n) is 1.96. The molecule has 0 unspecified atom stereocenters. The molecule has 2 aromatic rings. The predicted octanol–water partition coefficient (Wildman–Crippen LogP) is 2.85. The Morgan fingerprint density at radius 2 is 2.00 bits per heavy atom. The van der Waals surface area contributed by atoms with Crippen molar-refractivity contribution in [2.24, 2.45) is 0 Å². The molecule has 0 spiro atoms. The van der Waals surface area contributed by atoms with E-state index < -0.39 is 22.3 Å². The number of nitro groups is 1. The summed E-state index contributed by atoms with van der Waals surface area (Å²) in [5.74, 6) is -0.544. The van der Waals surface area contributed by atoms with Gasteiger partial charge in [0.2, 0.25) is 0 Å². The van der Waals surface area contributed by atoms with E-state index in [0.29, 0.717) is 11.4 Å². The number of ether oxygens (including phenoxy) is 1. The molecule has 0 aromatic heterocycles. The zero-order chi connectivity index (χ0) is 18.4. The van der Waals surface area contributed by atoms with Crippen molar-refractivity contribution < 1.29 is 19.6 Å². The lowest BCUT2D eigenvalue weighted by atomic mass is 10.1. The second-order valence-corrected chi connectivity index (χ2v) is 4.86. The Labute approximate surface area is 142 Å². The van der Waals surface area contributed by atoms with E-state index in [1.54, 1.807) is 30.3 Å². The lowest BCUT2D eigenvalue weighted by molar-refractivity contribution is -0.385. The number of carbonyl (C=O) groups is 1. The molecule has 25 heavy (non-hydrogen) atoms. The minimum atomic E-state index is -0.754. The molecule has 0 atom stereocenters. The normalized spacial score (nSPS) is 10.6. The van der Waals surface area contributed by atoms with Crippen molar-refractivity contribution in [3.8, 4) is 17.6 Å². The van der Waals surface area contributed by atoms with E-state index in [-0.39, 0.29) is 11.1 Å². The summed E-state index contributed by atoms with van der Waals surface area (Å²) in [7, 11) is 1.51. The monoisotopic (exact) mass is 339 g/mol. The number of aromatic hydroxyl groups is 1. The first-order valence-corrected chi connectivity index (χ1v) is 6.99. The number of benzene rings is 2. The van der Waals surface area contributed by atoms with Crippen LogP contribution in [0.15, 0.2) is 48.0 Å². The Morgan fingerprint density at radius 1 is 1.32 bits per heavy atom. The van der Waals surface area contributed by atoms with Crippen LogP contribution in [0.1, 0.15) is 5.56 Å². The number of phenols is 1. The van der Waals surface area contributed by atoms with Gasteiger partial charge in [-0.2, -0.15) is 5.26 Å². The van der Waals surface area contributed by atoms with Crippen molar-refractivity contribution in [3.63, 3.8) is 0 Å². The van der Waals surface area contributed by atoms with Crippen LogP contribution >= 0.6 is 0 Å². The minimum absolute atomic E-state index is 0.240. The summed E-state index contributed by atoms with van der Waals surface area (Å²) in [5, 5.41) is 32.0. The Hall–Kier alpha value is -3.86. The molecule has 0 aliphatic carbocycles. The molecule has 0 saturated carbocycles. The van der Waals surface area contributed by atoms with Crippen LogP contribution in [0, 0.1) is 21.4 Å². The van der Waals surface area contributed by atoms with Gasteiger partial charge in [-0.25, -0.2) is 0 Å². The summed E-state index contributed by atoms with van der Waals surface area (Å²) in [5.41, 5.74) is -0.0491. The number of carbonyl (C=O) groups excluding carboxylic acids is 1. The molecule has 1 amide bonds. The van der Waals surface area contributed by atoms with Gasteiger partial charge in [-0.15, -0.1) is 0 Å². The highest BCUT2D eigenvalue weighted by Gasteiger charge is 2.15. The molecule has 2 aromatic carbocycles. The molecule has 2 rings (SSSR count). The van der Waals surface area contributed by atoms with Gasteiger partial charge in [-0.3, -0.25) is 14.9 Å². The maximum atomic E-state index is 12.2. The fraction of sp³-hybridized carbons (Fsp3) is 0.0588. The van der Waals surface area contributed by atoms with Crippen LogP contribution in [0.25, 0.3) is 6.08 Å². The molecule has 126 valence electrons. The SMILES string of the molecule is COc1ccc(NC(=O)/C(C#N)=C\c2ccc(O)c([N+](=O)[O-])c2)cc1. The zero-order valence-corrected chi connectivity index (χ0v) is 13.1. The van der Waals surface area contributed by atoms with Crippen LogP contribution in [0.5, 0.6) is 11.5 Å². The molecule has 8 nitrogen and oxygen atoms in total. The largest absolute Gasteiger partial charge is 0.502 e. The number of phenolic OH excluding ortho intramolecular Hbond substituents is 1. The second-order valence-electron chi connectivity index (χ2n) is 4.86. The number of nitrogens with one attached hydrogen (secondary N) is 1. The Bertz CT molecular complexity index is 882. The van der Waals surface area contributed by atoms with Crippen molar-refractivity contribution >= 4 is 23.4 Å². The van der Waals surface area contributed by atoms with Gasteiger partial charge in [0.25, 0.3) is 5.91 Å². The smallest absolute Gasteiger partial charge is 0.311 e. The van der Waals surface area contributed by atoms with Crippen LogP contribution in [-0.2, 0) is 4.79 Å². The molecule has 0 saturated heterocycles. The second kappa shape index (κ2) is 7.61. The van der Waals surface area contributed by atoms with Gasteiger partial charge in [0.05, 0.1) is 12.0 Å². The molecule has 2 N–H and O–H groups in total. The molecule has 0 bridgehead atoms. The number of nitriles is 1. The first-order valence-electron chi connectivity index (χ1n) is 6.99. The summed E-state index contributed by atoms with van der Waals surface area (Å²) in [6.07, 6.45) is 1.20. The van der Waals surface area contributed by atoms with Crippen molar-refractivity contribution in [2.45, 2.75) is 0 Å². The molecule has 0 aliphatic rings. The standard InChI is InChI=1S/C17H13N3O5/c1-25-14-5-3-13(4-6-14)19-17(22)12(10-18)8-11-2-7-16(21)15(9-11)20(23)24/h2-9,21H,1H3,(H,19,22)/b12-8-. The Kier molecular flexibility index (Phi) is 5.32. The van der Waals surface area contributed by atoms with Crippen LogP contribution in [0.3, 0.4) is 0 Å². The van der Waals surface area contributed by atoms with E-state index in [2.05, 4.69) is 5.32 Å². The molecule has 0 radical (unpaired) electrons. The van der Waals surface area contributed by atoms with Gasteiger partial charge in [-0.05, 0) is 42.0 Å². The minimum Gasteiger partial charge on any atom is -0.502 e. The average molecular weight is 339 g/mol. The number of amides is 1. The number of hydrogen-bond acceptors (Lipinski definition) is 6. The molecule has 0 aliphatic heterocycles. The first-order chi connectivity index (χ1) is 11.9. The van der Waals surface area contributed by atoms with Gasteiger partial charge >= 0.3 is 5.69 Å². The van der Waals surface area contributed by atoms with Crippen molar-refractivity contribution in [1.82, 2.24) is 0 Å². The maximum Gasteiger partial charge on any atom is 0.311 e. The van der Waals surface area contributed by atoms with Crippen LogP contribution in [0.2, 0.25) is 0 Å². The first kappa shape index (κ1) is 17.5. The van der Waals surface area contributed by atoms with Gasteiger partial charge in [0.15, 0.2) is 5.75 Å². The van der Waals surface area contributed by atoms with Crippen molar-refractivity contribution in [1.29, 1.82) is 5.26 Å². The van der Waals surface area contributed by atoms with Crippen LogP contribution in [0.4, 0.5) is 11.4 Å². The highest BCUT2D eigenvalue weighted by atomic mass is 16.6. The zero-order valence-electron chi connectivity index (χ0n) is 13.1. The number of rotatable bonds is 5. The molecular weight excluding hydrogens is 326 g/mol. The number of nitrogens with zero attached hydrogens (tertiary/aromatic N) is 2. The quantitative estimate of drug-likeness (QED) is 0.373. The third-order valence-electron chi connectivity index (χ3n) is 3.22. The number of hydrogen-bond donors (Lipinski definition) is 2. The number of methoxy groups -OCH3 is 1. The highest BCUT2D eigenvalue weighted by molar-refractivity contribution is 6.09. The van der Waals surface area contributed by atoms with Gasteiger partial charge < -0.3 is 15.2 Å². The molecular formula is C17H13N3O5. The summed E-state index contributed by atoms with van der Waals surface area (Å²) in [6.45, 7) is 0. The summed E-state index contributed by atoms with van der Waals surface area (Å²) >= 11 is 0. The van der Waals surface area contributed by atoms with E-state index in [4.69, 9.17) is 10.00 Å². The lowest BCUT2D eigenvalue weighted by Gasteiger charge is -2.05. The summed E-state index contributed by atoms with van der Waals surface area (Å²) in [6, 6.07) is 11.8. The highest BCUT2D eigenvalue weighted by Crippen LogP contribution is 2.27. The van der Waals surface area contributed by atoms with E-state index in [0.717, 1.165) is 12.1 Å². The van der Waals surface area contributed by atoms with Crippen molar-refractivity contribution in [3.05, 3.63) is 63.7 Å². The van der Waals surface area contributed by atoms with Crippen molar-refractivity contribution in [2.75, 3.05) is 12.4 Å². The lowest BCUT2D eigenvalue weighted by Crippen LogP contribution is -2.13. The molecule has 8 heteroatoms. The third-order valence-corrected chi connectivity index (χ3v) is 3.22. The Balaban J connectivity index is 2.24.